The molecule has 1 aliphatic carbocycles. The molecule has 2 aliphatic rings. The highest BCUT2D eigenvalue weighted by Gasteiger charge is 2.37. The van der Waals surface area contributed by atoms with Gasteiger partial charge in [-0.1, -0.05) is 54.8 Å². The maximum Gasteiger partial charge on any atom is 0.270 e. The van der Waals surface area contributed by atoms with Gasteiger partial charge >= 0.3 is 0 Å². The zero-order valence-electron chi connectivity index (χ0n) is 15.3. The molecule has 1 saturated heterocycles. The monoisotopic (exact) mass is 448 g/mol. The second-order valence-corrected chi connectivity index (χ2v) is 9.05. The third kappa shape index (κ3) is 4.10. The minimum absolute atomic E-state index is 0.0711. The molecule has 1 saturated carbocycles. The SMILES string of the molecule is O=C1/C(=C/c2ccc(-c3ccc([N+](=O)[O-])cc3Cl)o2)SC(=S)N1C1CCCCC1. The topological polar surface area (TPSA) is 76.6 Å². The van der Waals surface area contributed by atoms with Gasteiger partial charge in [0.25, 0.3) is 11.6 Å². The zero-order chi connectivity index (χ0) is 20.5. The van der Waals surface area contributed by atoms with Crippen LogP contribution in [0.1, 0.15) is 37.9 Å². The maximum atomic E-state index is 12.9. The predicted molar refractivity (Wildman–Crippen MR) is 118 cm³/mol. The van der Waals surface area contributed by atoms with E-state index in [4.69, 9.17) is 28.2 Å². The van der Waals surface area contributed by atoms with Crippen molar-refractivity contribution in [2.45, 2.75) is 38.1 Å². The molecule has 2 aromatic rings. The Kier molecular flexibility index (Phi) is 5.76. The van der Waals surface area contributed by atoms with Crippen LogP contribution in [-0.2, 0) is 4.79 Å². The number of benzene rings is 1. The summed E-state index contributed by atoms with van der Waals surface area (Å²) in [5.74, 6) is 0.899. The maximum absolute atomic E-state index is 12.9. The fraction of sp³-hybridized carbons (Fsp3) is 0.300. The molecule has 150 valence electrons. The molecule has 4 rings (SSSR count). The molecule has 0 bridgehead atoms. The van der Waals surface area contributed by atoms with Gasteiger partial charge in [-0.3, -0.25) is 19.8 Å². The quantitative estimate of drug-likeness (QED) is 0.245. The van der Waals surface area contributed by atoms with Gasteiger partial charge < -0.3 is 4.42 Å². The standard InChI is InChI=1S/C20H17ClN2O4S2/c21-16-10-13(23(25)26)6-8-15(16)17-9-7-14(27-17)11-18-19(24)22(20(28)29-18)12-4-2-1-3-5-12/h6-12H,1-5H2/b18-11-. The molecule has 1 amide bonds. The Balaban J connectivity index is 1.56. The Morgan fingerprint density at radius 2 is 2.00 bits per heavy atom. The number of hydrogen-bond donors (Lipinski definition) is 0. The Hall–Kier alpha value is -2.16. The number of amides is 1. The number of thiocarbonyl (C=S) groups is 1. The average Bonchev–Trinajstić information content (AvgIpc) is 3.27. The Morgan fingerprint density at radius 3 is 2.69 bits per heavy atom. The van der Waals surface area contributed by atoms with Crippen LogP contribution in [0.4, 0.5) is 5.69 Å². The summed E-state index contributed by atoms with van der Waals surface area (Å²) in [5.41, 5.74) is 0.462. The number of halogens is 1. The lowest BCUT2D eigenvalue weighted by Gasteiger charge is -2.29. The van der Waals surface area contributed by atoms with E-state index in [1.165, 1.54) is 30.3 Å². The Bertz CT molecular complexity index is 1030. The highest BCUT2D eigenvalue weighted by Crippen LogP contribution is 2.38. The molecular weight excluding hydrogens is 432 g/mol. The highest BCUT2D eigenvalue weighted by molar-refractivity contribution is 8.26. The lowest BCUT2D eigenvalue weighted by molar-refractivity contribution is -0.384. The first kappa shape index (κ1) is 20.1. The lowest BCUT2D eigenvalue weighted by atomic mass is 9.94. The molecule has 2 heterocycles. The summed E-state index contributed by atoms with van der Waals surface area (Å²) in [6.45, 7) is 0. The van der Waals surface area contributed by atoms with E-state index in [-0.39, 0.29) is 22.7 Å². The normalized spacial score (nSPS) is 19.3. The summed E-state index contributed by atoms with van der Waals surface area (Å²) in [6.07, 6.45) is 7.12. The van der Waals surface area contributed by atoms with Gasteiger partial charge in [-0.05, 0) is 31.0 Å². The summed E-state index contributed by atoms with van der Waals surface area (Å²) in [5, 5.41) is 11.1. The van der Waals surface area contributed by atoms with E-state index in [1.807, 2.05) is 0 Å². The van der Waals surface area contributed by atoms with E-state index in [9.17, 15) is 14.9 Å². The van der Waals surface area contributed by atoms with E-state index >= 15 is 0 Å². The van der Waals surface area contributed by atoms with Crippen molar-refractivity contribution in [2.24, 2.45) is 0 Å². The van der Waals surface area contributed by atoms with Crippen molar-refractivity contribution >= 4 is 57.6 Å². The van der Waals surface area contributed by atoms with Crippen LogP contribution in [0.5, 0.6) is 0 Å². The van der Waals surface area contributed by atoms with Crippen LogP contribution < -0.4 is 0 Å². The Labute approximate surface area is 182 Å². The molecule has 9 heteroatoms. The van der Waals surface area contributed by atoms with Crippen LogP contribution >= 0.6 is 35.6 Å². The average molecular weight is 449 g/mol. The van der Waals surface area contributed by atoms with Gasteiger partial charge in [0.2, 0.25) is 0 Å². The van der Waals surface area contributed by atoms with E-state index in [2.05, 4.69) is 0 Å². The molecule has 1 aromatic carbocycles. The number of carbonyl (C=O) groups is 1. The predicted octanol–water partition coefficient (Wildman–Crippen LogP) is 6.04. The Morgan fingerprint density at radius 1 is 1.24 bits per heavy atom. The number of furan rings is 1. The van der Waals surface area contributed by atoms with Crippen LogP contribution in [0.2, 0.25) is 5.02 Å². The van der Waals surface area contributed by atoms with Crippen molar-refractivity contribution in [1.82, 2.24) is 4.90 Å². The third-order valence-electron chi connectivity index (χ3n) is 5.09. The van der Waals surface area contributed by atoms with Gasteiger partial charge in [0.15, 0.2) is 0 Å². The molecule has 0 atom stereocenters. The number of nitro benzene ring substituents is 1. The van der Waals surface area contributed by atoms with Crippen molar-refractivity contribution in [3.8, 4) is 11.3 Å². The number of rotatable bonds is 4. The molecule has 29 heavy (non-hydrogen) atoms. The fourth-order valence-electron chi connectivity index (χ4n) is 3.66. The van der Waals surface area contributed by atoms with Crippen molar-refractivity contribution in [3.05, 3.63) is 56.1 Å². The number of non-ortho nitro benzene ring substituents is 1. The van der Waals surface area contributed by atoms with Crippen LogP contribution in [-0.4, -0.2) is 26.1 Å². The van der Waals surface area contributed by atoms with Crippen LogP contribution in [0.25, 0.3) is 17.4 Å². The van der Waals surface area contributed by atoms with Gasteiger partial charge in [0.1, 0.15) is 15.8 Å². The second kappa shape index (κ2) is 8.30. The second-order valence-electron chi connectivity index (χ2n) is 6.97. The van der Waals surface area contributed by atoms with Gasteiger partial charge in [0.05, 0.1) is 14.9 Å². The smallest absolute Gasteiger partial charge is 0.270 e. The third-order valence-corrected chi connectivity index (χ3v) is 6.74. The van der Waals surface area contributed by atoms with Gasteiger partial charge in [-0.15, -0.1) is 0 Å². The first-order valence-electron chi connectivity index (χ1n) is 9.25. The molecule has 1 aromatic heterocycles. The fourth-order valence-corrected chi connectivity index (χ4v) is 5.30. The summed E-state index contributed by atoms with van der Waals surface area (Å²) in [4.78, 5) is 25.5. The van der Waals surface area contributed by atoms with Crippen LogP contribution in [0.15, 0.2) is 39.7 Å². The van der Waals surface area contributed by atoms with Gasteiger partial charge in [0, 0.05) is 29.8 Å². The molecule has 0 N–H and O–H groups in total. The molecule has 1 aliphatic heterocycles. The zero-order valence-corrected chi connectivity index (χ0v) is 17.7. The van der Waals surface area contributed by atoms with Crippen molar-refractivity contribution in [2.75, 3.05) is 0 Å². The number of thioether (sulfide) groups is 1. The first-order chi connectivity index (χ1) is 13.9. The van der Waals surface area contributed by atoms with Gasteiger partial charge in [-0.25, -0.2) is 0 Å². The highest BCUT2D eigenvalue weighted by atomic mass is 35.5. The van der Waals surface area contributed by atoms with Gasteiger partial charge in [-0.2, -0.15) is 0 Å². The summed E-state index contributed by atoms with van der Waals surface area (Å²) in [7, 11) is 0. The molecule has 6 nitrogen and oxygen atoms in total. The molecular formula is C20H17ClN2O4S2. The number of nitrogens with zero attached hydrogens (tertiary/aromatic N) is 2. The summed E-state index contributed by atoms with van der Waals surface area (Å²) < 4.78 is 6.41. The van der Waals surface area contributed by atoms with Crippen LogP contribution in [0.3, 0.4) is 0 Å². The largest absolute Gasteiger partial charge is 0.457 e. The van der Waals surface area contributed by atoms with Crippen molar-refractivity contribution in [1.29, 1.82) is 0 Å². The van der Waals surface area contributed by atoms with E-state index in [1.54, 1.807) is 29.2 Å². The van der Waals surface area contributed by atoms with Crippen molar-refractivity contribution in [3.63, 3.8) is 0 Å². The summed E-state index contributed by atoms with van der Waals surface area (Å²) >= 11 is 12.9. The molecule has 0 spiro atoms. The van der Waals surface area contributed by atoms with E-state index in [0.717, 1.165) is 25.7 Å². The molecule has 0 unspecified atom stereocenters. The van der Waals surface area contributed by atoms with E-state index in [0.29, 0.717) is 26.3 Å². The molecule has 0 radical (unpaired) electrons. The minimum atomic E-state index is -0.502. The summed E-state index contributed by atoms with van der Waals surface area (Å²) in [6, 6.07) is 7.85. The van der Waals surface area contributed by atoms with Crippen molar-refractivity contribution < 1.29 is 14.1 Å². The van der Waals surface area contributed by atoms with E-state index < -0.39 is 4.92 Å². The minimum Gasteiger partial charge on any atom is -0.457 e. The molecule has 2 fully saturated rings. The number of carbonyl (C=O) groups excluding carboxylic acids is 1. The van der Waals surface area contributed by atoms with Crippen LogP contribution in [0, 0.1) is 10.1 Å². The lowest BCUT2D eigenvalue weighted by Crippen LogP contribution is -2.39. The number of hydrogen-bond acceptors (Lipinski definition) is 6. The first-order valence-corrected chi connectivity index (χ1v) is 10.9. The number of nitro groups is 1.